The van der Waals surface area contributed by atoms with Crippen molar-refractivity contribution in [2.24, 2.45) is 0 Å². The van der Waals surface area contributed by atoms with Crippen molar-refractivity contribution in [3.63, 3.8) is 0 Å². The summed E-state index contributed by atoms with van der Waals surface area (Å²) in [4.78, 5) is 21.6. The first-order valence-electron chi connectivity index (χ1n) is 38.1. The Balaban J connectivity index is 0.643. The Labute approximate surface area is 635 Å². The first-order valence-corrected chi connectivity index (χ1v) is 38.1. The first kappa shape index (κ1) is 60.9. The highest BCUT2D eigenvalue weighted by Gasteiger charge is 2.55. The van der Waals surface area contributed by atoms with E-state index in [0.717, 1.165) is 77.7 Å². The Morgan fingerprint density at radius 1 is 0.164 bits per heavy atom. The van der Waals surface area contributed by atoms with Crippen LogP contribution in [0, 0.1) is 0 Å². The molecule has 4 nitrogen and oxygen atoms in total. The summed E-state index contributed by atoms with van der Waals surface area (Å²) in [6.07, 6.45) is 0. The van der Waals surface area contributed by atoms with Crippen LogP contribution in [0.25, 0.3) is 188 Å². The molecule has 2 aromatic heterocycles. The highest BCUT2D eigenvalue weighted by Crippen LogP contribution is 2.68. The summed E-state index contributed by atoms with van der Waals surface area (Å²) in [7, 11) is 0. The van der Waals surface area contributed by atoms with Crippen molar-refractivity contribution in [2.75, 3.05) is 0 Å². The molecule has 0 saturated carbocycles. The Bertz CT molecular complexity index is 7320. The van der Waals surface area contributed by atoms with Crippen LogP contribution in [-0.4, -0.2) is 19.9 Å². The molecule has 4 aliphatic rings. The van der Waals surface area contributed by atoms with Gasteiger partial charge in [0.1, 0.15) is 0 Å². The van der Waals surface area contributed by atoms with Crippen LogP contribution in [0.4, 0.5) is 0 Å². The van der Waals surface area contributed by atoms with Crippen molar-refractivity contribution in [1.29, 1.82) is 0 Å². The minimum Gasteiger partial charge on any atom is -0.228 e. The second kappa shape index (κ2) is 23.1. The lowest BCUT2D eigenvalue weighted by Crippen LogP contribution is -2.26. The van der Waals surface area contributed by atoms with Crippen molar-refractivity contribution in [3.8, 4) is 123 Å². The zero-order valence-corrected chi connectivity index (χ0v) is 59.6. The molecule has 4 aliphatic carbocycles. The summed E-state index contributed by atoms with van der Waals surface area (Å²) in [5.41, 5.74) is 34.2. The van der Waals surface area contributed by atoms with E-state index in [9.17, 15) is 0 Å². The first-order chi connectivity index (χ1) is 54.6. The highest BCUT2D eigenvalue weighted by molar-refractivity contribution is 6.20. The summed E-state index contributed by atoms with van der Waals surface area (Å²) in [5.74, 6) is 1.37. The van der Waals surface area contributed by atoms with Crippen LogP contribution in [0.15, 0.2) is 376 Å². The summed E-state index contributed by atoms with van der Waals surface area (Å²) >= 11 is 0. The van der Waals surface area contributed by atoms with Crippen LogP contribution in [0.5, 0.6) is 0 Å². The molecule has 506 valence electrons. The van der Waals surface area contributed by atoms with E-state index in [1.165, 1.54) is 143 Å². The average molecular weight is 1390 g/mol. The van der Waals surface area contributed by atoms with E-state index < -0.39 is 10.8 Å². The quantitative estimate of drug-likeness (QED) is 0.160. The van der Waals surface area contributed by atoms with Crippen LogP contribution in [-0.2, 0) is 10.8 Å². The monoisotopic (exact) mass is 1390 g/mol. The molecule has 24 rings (SSSR count). The predicted molar refractivity (Wildman–Crippen MR) is 453 cm³/mol. The smallest absolute Gasteiger partial charge is 0.160 e. The molecule has 4 heteroatoms. The fourth-order valence-corrected chi connectivity index (χ4v) is 20.2. The van der Waals surface area contributed by atoms with Crippen molar-refractivity contribution in [2.45, 2.75) is 10.8 Å². The number of aromatic nitrogens is 4. The third kappa shape index (κ3) is 8.34. The minimum absolute atomic E-state index is 0.519. The zero-order chi connectivity index (χ0) is 71.9. The van der Waals surface area contributed by atoms with Gasteiger partial charge in [0.15, 0.2) is 11.6 Å². The molecule has 0 bridgehead atoms. The van der Waals surface area contributed by atoms with E-state index in [-0.39, 0.29) is 0 Å². The lowest BCUT2D eigenvalue weighted by atomic mass is 9.69. The van der Waals surface area contributed by atoms with Gasteiger partial charge in [-0.2, -0.15) is 0 Å². The summed E-state index contributed by atoms with van der Waals surface area (Å²) in [5, 5.41) is 11.8. The molecule has 2 heterocycles. The average Bonchev–Trinajstić information content (AvgIpc) is 1.50. The maximum Gasteiger partial charge on any atom is 0.160 e. The van der Waals surface area contributed by atoms with Crippen molar-refractivity contribution < 1.29 is 0 Å². The highest BCUT2D eigenvalue weighted by atomic mass is 14.9. The number of benzene rings is 18. The Morgan fingerprint density at radius 2 is 0.518 bits per heavy atom. The Kier molecular flexibility index (Phi) is 12.8. The zero-order valence-electron chi connectivity index (χ0n) is 59.6. The maximum atomic E-state index is 5.61. The van der Waals surface area contributed by atoms with Gasteiger partial charge in [0, 0.05) is 33.0 Å². The third-order valence-corrected chi connectivity index (χ3v) is 24.7. The number of para-hydroxylation sites is 2. The number of fused-ring (bicyclic) bond motifs is 30. The van der Waals surface area contributed by atoms with Gasteiger partial charge in [-0.15, -0.1) is 0 Å². The lowest BCUT2D eigenvalue weighted by Gasteiger charge is -2.31. The predicted octanol–water partition coefficient (Wildman–Crippen LogP) is 26.5. The lowest BCUT2D eigenvalue weighted by molar-refractivity contribution is 0.795. The van der Waals surface area contributed by atoms with Crippen LogP contribution in [0.2, 0.25) is 0 Å². The fraction of sp³-hybridized carbons (Fsp3) is 0.0189. The van der Waals surface area contributed by atoms with Gasteiger partial charge in [0.25, 0.3) is 0 Å². The number of rotatable bonds is 7. The van der Waals surface area contributed by atoms with E-state index in [1.54, 1.807) is 0 Å². The SMILES string of the molecule is c1ccc(-c2nc(-c3cccc(-c4cc5c(c6ccccc46)-c4c(ccc6c(-c7cccc(-c8nc(-c9ccc(-c%10cc%11c(c%12ccccc%10%12)-c%10c(ccc%12ccccc%10%12)C%11%10c%11ccccc%11-c%11ccccc%11%10)cc9)nc9ccccc89)c7)cccc46)C54c5ccccc5-c5ccccc54)c3)nc3ccccc23)cc1. The third-order valence-electron chi connectivity index (χ3n) is 24.7. The molecule has 110 heavy (non-hydrogen) atoms. The molecule has 2 spiro atoms. The second-order valence-electron chi connectivity index (χ2n) is 30.0. The molecule has 0 aliphatic heterocycles. The normalized spacial score (nSPS) is 13.4. The maximum absolute atomic E-state index is 5.61. The van der Waals surface area contributed by atoms with Crippen LogP contribution >= 0.6 is 0 Å². The topological polar surface area (TPSA) is 51.6 Å². The molecule has 0 unspecified atom stereocenters. The second-order valence-corrected chi connectivity index (χ2v) is 30.0. The summed E-state index contributed by atoms with van der Waals surface area (Å²) in [6, 6.07) is 140. The van der Waals surface area contributed by atoms with Gasteiger partial charge < -0.3 is 0 Å². The van der Waals surface area contributed by atoms with Gasteiger partial charge in [-0.05, 0) is 202 Å². The van der Waals surface area contributed by atoms with Crippen LogP contribution in [0.1, 0.15) is 44.5 Å². The minimum atomic E-state index is -0.630. The van der Waals surface area contributed by atoms with Gasteiger partial charge in [-0.1, -0.05) is 340 Å². The molecule has 0 radical (unpaired) electrons. The van der Waals surface area contributed by atoms with E-state index in [4.69, 9.17) is 19.9 Å². The molecule has 0 fully saturated rings. The fourth-order valence-electron chi connectivity index (χ4n) is 20.2. The molecular weight excluding hydrogens is 1330 g/mol. The van der Waals surface area contributed by atoms with Gasteiger partial charge in [-0.3, -0.25) is 0 Å². The Morgan fingerprint density at radius 3 is 1.09 bits per heavy atom. The van der Waals surface area contributed by atoms with Gasteiger partial charge in [-0.25, -0.2) is 19.9 Å². The van der Waals surface area contributed by atoms with Crippen molar-refractivity contribution in [3.05, 3.63) is 421 Å². The molecular formula is C106H62N4. The van der Waals surface area contributed by atoms with Gasteiger partial charge >= 0.3 is 0 Å². The molecule has 0 saturated heterocycles. The van der Waals surface area contributed by atoms with E-state index in [2.05, 4.69) is 376 Å². The van der Waals surface area contributed by atoms with Crippen molar-refractivity contribution in [1.82, 2.24) is 19.9 Å². The van der Waals surface area contributed by atoms with Gasteiger partial charge in [0.05, 0.1) is 33.3 Å². The van der Waals surface area contributed by atoms with E-state index in [1.807, 2.05) is 0 Å². The van der Waals surface area contributed by atoms with E-state index >= 15 is 0 Å². The van der Waals surface area contributed by atoms with Crippen LogP contribution < -0.4 is 0 Å². The van der Waals surface area contributed by atoms with Crippen LogP contribution in [0.3, 0.4) is 0 Å². The number of hydrogen-bond acceptors (Lipinski definition) is 4. The number of nitrogens with zero attached hydrogens (tertiary/aromatic N) is 4. The molecule has 0 atom stereocenters. The molecule has 0 N–H and O–H groups in total. The van der Waals surface area contributed by atoms with Gasteiger partial charge in [0.2, 0.25) is 0 Å². The molecule has 18 aromatic carbocycles. The summed E-state index contributed by atoms with van der Waals surface area (Å²) < 4.78 is 0. The Hall–Kier alpha value is -14.3. The standard InChI is InChI=1S/C106H62N4/c1-2-26-65(27-3-1)101-83-41-14-20-49-95(83)108-104(109-101)70-31-23-29-68(60-70)86-62-94-100(81-40-9-7-34-74(81)86)98-82-44-24-43-71(75(82)56-58-92(98)106(94)89-47-18-12-37-78(89)79-38-13-19-48-90(79)106)67-28-22-30-69(59-67)102-84-42-15-21-50-96(84)107-103(110-102)66-53-51-64(52-54-66)85-61-93-99(80-39-8-6-33-73(80)85)97-72-32-5-4-25-63(72)55-57-91(97)105(93)87-45-16-10-35-76(87)77-36-11-17-46-88(77)105/h1-62H. The van der Waals surface area contributed by atoms with Crippen molar-refractivity contribution >= 4 is 64.9 Å². The largest absolute Gasteiger partial charge is 0.228 e. The van der Waals surface area contributed by atoms with E-state index in [0.29, 0.717) is 11.6 Å². The summed E-state index contributed by atoms with van der Waals surface area (Å²) in [6.45, 7) is 0. The molecule has 0 amide bonds. The molecule has 20 aromatic rings. The number of hydrogen-bond donors (Lipinski definition) is 0.